The first-order chi connectivity index (χ1) is 26.3. The summed E-state index contributed by atoms with van der Waals surface area (Å²) in [5, 5.41) is 3.19. The van der Waals surface area contributed by atoms with Crippen molar-refractivity contribution in [3.05, 3.63) is 194 Å². The van der Waals surface area contributed by atoms with Crippen molar-refractivity contribution >= 4 is 60.6 Å². The number of para-hydroxylation sites is 1. The molecule has 10 aromatic rings. The Morgan fingerprint density at radius 3 is 1.42 bits per heavy atom. The molecule has 0 aliphatic heterocycles. The Morgan fingerprint density at radius 2 is 0.868 bits per heavy atom. The van der Waals surface area contributed by atoms with Crippen LogP contribution in [0.1, 0.15) is 0 Å². The summed E-state index contributed by atoms with van der Waals surface area (Å²) < 4.78 is 7.57. The van der Waals surface area contributed by atoms with Gasteiger partial charge in [-0.25, -0.2) is 4.98 Å². The smallest absolute Gasteiger partial charge is 0.137 e. The first-order valence-electron chi connectivity index (χ1n) is 17.8. The summed E-state index contributed by atoms with van der Waals surface area (Å²) in [6, 6.07) is 68.5. The highest BCUT2D eigenvalue weighted by Gasteiger charge is 2.21. The SMILES string of the molecule is c1ccc(-c2ccc(N(c3ccc(-c4ccccc4)cc3)c3ccc(-c4c5nc(-c6ccccc6)sc5cc5oc6ccccc6c45)cc3)cc2)cc1. The number of thiazole rings is 1. The highest BCUT2D eigenvalue weighted by atomic mass is 32.1. The zero-order valence-corrected chi connectivity index (χ0v) is 29.5. The molecule has 0 amide bonds. The van der Waals surface area contributed by atoms with E-state index in [1.165, 1.54) is 22.3 Å². The lowest BCUT2D eigenvalue weighted by atomic mass is 9.97. The molecule has 0 saturated heterocycles. The second-order valence-corrected chi connectivity index (χ2v) is 14.2. The molecule has 0 unspecified atom stereocenters. The zero-order chi connectivity index (χ0) is 35.1. The predicted molar refractivity (Wildman–Crippen MR) is 223 cm³/mol. The molecule has 0 bridgehead atoms. The van der Waals surface area contributed by atoms with Gasteiger partial charge in [0.2, 0.25) is 0 Å². The van der Waals surface area contributed by atoms with E-state index in [1.54, 1.807) is 11.3 Å². The highest BCUT2D eigenvalue weighted by Crippen LogP contribution is 2.45. The molecular weight excluding hydrogens is 665 g/mol. The normalized spacial score (nSPS) is 11.4. The van der Waals surface area contributed by atoms with Crippen molar-refractivity contribution < 1.29 is 4.42 Å². The number of anilines is 3. The van der Waals surface area contributed by atoms with Crippen LogP contribution in [0.25, 0.3) is 76.1 Å². The Hall–Kier alpha value is -6.75. The van der Waals surface area contributed by atoms with Gasteiger partial charge in [0.1, 0.15) is 16.2 Å². The second-order valence-electron chi connectivity index (χ2n) is 13.2. The van der Waals surface area contributed by atoms with Gasteiger partial charge in [-0.1, -0.05) is 146 Å². The maximum atomic E-state index is 6.47. The van der Waals surface area contributed by atoms with Crippen LogP contribution < -0.4 is 4.90 Å². The van der Waals surface area contributed by atoms with Gasteiger partial charge in [-0.2, -0.15) is 0 Å². The Balaban J connectivity index is 1.11. The molecule has 8 aromatic carbocycles. The second kappa shape index (κ2) is 13.1. The van der Waals surface area contributed by atoms with Gasteiger partial charge in [-0.15, -0.1) is 11.3 Å². The minimum Gasteiger partial charge on any atom is -0.456 e. The van der Waals surface area contributed by atoms with Crippen molar-refractivity contribution in [2.24, 2.45) is 0 Å². The average Bonchev–Trinajstić information content (AvgIpc) is 3.83. The van der Waals surface area contributed by atoms with Gasteiger partial charge in [0.25, 0.3) is 0 Å². The standard InChI is InChI=1S/C49H32N2OS/c1-4-12-33(13-5-1)35-20-26-39(27-21-35)51(40-28-22-36(23-29-40)34-14-6-2-7-15-34)41-30-24-37(25-31-41)46-47-42-18-10-11-19-43(42)52-44(47)32-45-48(46)50-49(53-45)38-16-8-3-9-17-38/h1-32H. The van der Waals surface area contributed by atoms with Crippen LogP contribution in [0.2, 0.25) is 0 Å². The first kappa shape index (κ1) is 31.0. The van der Waals surface area contributed by atoms with Crippen LogP contribution in [-0.4, -0.2) is 4.98 Å². The fourth-order valence-electron chi connectivity index (χ4n) is 7.35. The molecule has 2 heterocycles. The Kier molecular flexibility index (Phi) is 7.67. The van der Waals surface area contributed by atoms with E-state index in [4.69, 9.17) is 9.40 Å². The monoisotopic (exact) mass is 696 g/mol. The molecule has 2 aromatic heterocycles. The van der Waals surface area contributed by atoms with E-state index in [0.29, 0.717) is 0 Å². The van der Waals surface area contributed by atoms with Gasteiger partial charge in [-0.3, -0.25) is 0 Å². The van der Waals surface area contributed by atoms with Crippen LogP contribution in [-0.2, 0) is 0 Å². The van der Waals surface area contributed by atoms with E-state index >= 15 is 0 Å². The number of furan rings is 1. The largest absolute Gasteiger partial charge is 0.456 e. The predicted octanol–water partition coefficient (Wildman–Crippen LogP) is 14.3. The zero-order valence-electron chi connectivity index (χ0n) is 28.7. The summed E-state index contributed by atoms with van der Waals surface area (Å²) >= 11 is 1.71. The van der Waals surface area contributed by atoms with Crippen molar-refractivity contribution in [1.82, 2.24) is 4.98 Å². The Labute approximate surface area is 311 Å². The topological polar surface area (TPSA) is 29.3 Å². The minimum atomic E-state index is 0.875. The third-order valence-electron chi connectivity index (χ3n) is 9.93. The van der Waals surface area contributed by atoms with Gasteiger partial charge < -0.3 is 9.32 Å². The van der Waals surface area contributed by atoms with E-state index in [0.717, 1.165) is 70.9 Å². The first-order valence-corrected chi connectivity index (χ1v) is 18.6. The quantitative estimate of drug-likeness (QED) is 0.166. The number of aromatic nitrogens is 1. The summed E-state index contributed by atoms with van der Waals surface area (Å²) in [5.41, 5.74) is 14.1. The number of benzene rings is 8. The summed E-state index contributed by atoms with van der Waals surface area (Å²) in [5.74, 6) is 0. The molecule has 0 saturated carbocycles. The van der Waals surface area contributed by atoms with Gasteiger partial charge in [0.05, 0.1) is 10.2 Å². The fraction of sp³-hybridized carbons (Fsp3) is 0. The molecule has 10 rings (SSSR count). The fourth-order valence-corrected chi connectivity index (χ4v) is 8.36. The third-order valence-corrected chi connectivity index (χ3v) is 11.0. The minimum absolute atomic E-state index is 0.875. The van der Waals surface area contributed by atoms with E-state index < -0.39 is 0 Å². The number of nitrogens with zero attached hydrogens (tertiary/aromatic N) is 2. The van der Waals surface area contributed by atoms with Crippen LogP contribution in [0.3, 0.4) is 0 Å². The molecule has 0 radical (unpaired) electrons. The maximum Gasteiger partial charge on any atom is 0.137 e. The summed E-state index contributed by atoms with van der Waals surface area (Å²) in [7, 11) is 0. The van der Waals surface area contributed by atoms with E-state index in [1.807, 2.05) is 18.2 Å². The Bertz CT molecular complexity index is 2760. The molecule has 0 N–H and O–H groups in total. The lowest BCUT2D eigenvalue weighted by Crippen LogP contribution is -2.09. The van der Waals surface area contributed by atoms with Crippen molar-refractivity contribution in [2.75, 3.05) is 4.90 Å². The Morgan fingerprint density at radius 1 is 0.415 bits per heavy atom. The molecular formula is C49H32N2OS. The molecule has 0 fully saturated rings. The number of hydrogen-bond donors (Lipinski definition) is 0. The third kappa shape index (κ3) is 5.66. The number of rotatable bonds is 7. The number of fused-ring (bicyclic) bond motifs is 4. The maximum absolute atomic E-state index is 6.47. The summed E-state index contributed by atoms with van der Waals surface area (Å²) in [6.45, 7) is 0. The van der Waals surface area contributed by atoms with Crippen molar-refractivity contribution in [3.63, 3.8) is 0 Å². The van der Waals surface area contributed by atoms with Crippen LogP contribution in [0.15, 0.2) is 199 Å². The molecule has 4 heteroatoms. The molecule has 0 aliphatic carbocycles. The van der Waals surface area contributed by atoms with Crippen LogP contribution in [0.5, 0.6) is 0 Å². The van der Waals surface area contributed by atoms with Crippen molar-refractivity contribution in [1.29, 1.82) is 0 Å². The average molecular weight is 697 g/mol. The van der Waals surface area contributed by atoms with Crippen molar-refractivity contribution in [2.45, 2.75) is 0 Å². The molecule has 250 valence electrons. The molecule has 3 nitrogen and oxygen atoms in total. The van der Waals surface area contributed by atoms with Gasteiger partial charge in [-0.05, 0) is 70.3 Å². The molecule has 0 aliphatic rings. The van der Waals surface area contributed by atoms with Gasteiger partial charge in [0, 0.05) is 45.0 Å². The summed E-state index contributed by atoms with van der Waals surface area (Å²) in [6.07, 6.45) is 0. The van der Waals surface area contributed by atoms with Gasteiger partial charge in [0.15, 0.2) is 0 Å². The molecule has 0 spiro atoms. The lowest BCUT2D eigenvalue weighted by molar-refractivity contribution is 0.669. The van der Waals surface area contributed by atoms with Crippen LogP contribution in [0, 0.1) is 0 Å². The number of hydrogen-bond acceptors (Lipinski definition) is 4. The lowest BCUT2D eigenvalue weighted by Gasteiger charge is -2.26. The highest BCUT2D eigenvalue weighted by molar-refractivity contribution is 7.21. The van der Waals surface area contributed by atoms with Crippen LogP contribution >= 0.6 is 11.3 Å². The molecule has 0 atom stereocenters. The van der Waals surface area contributed by atoms with E-state index in [9.17, 15) is 0 Å². The summed E-state index contributed by atoms with van der Waals surface area (Å²) in [4.78, 5) is 7.61. The van der Waals surface area contributed by atoms with E-state index in [2.05, 4.69) is 181 Å². The van der Waals surface area contributed by atoms with E-state index in [-0.39, 0.29) is 0 Å². The molecule has 53 heavy (non-hydrogen) atoms. The van der Waals surface area contributed by atoms with Crippen molar-refractivity contribution in [3.8, 4) is 44.0 Å². The van der Waals surface area contributed by atoms with Crippen LogP contribution in [0.4, 0.5) is 17.1 Å². The van der Waals surface area contributed by atoms with Gasteiger partial charge >= 0.3 is 0 Å².